The van der Waals surface area contributed by atoms with Crippen LogP contribution in [0.1, 0.15) is 34.5 Å². The van der Waals surface area contributed by atoms with Crippen LogP contribution in [0, 0.1) is 41.8 Å². The summed E-state index contributed by atoms with van der Waals surface area (Å²) in [5.74, 6) is -10.1. The molecule has 0 radical (unpaired) electrons. The third-order valence-electron chi connectivity index (χ3n) is 5.42. The van der Waals surface area contributed by atoms with Crippen molar-refractivity contribution >= 4 is 0 Å². The van der Waals surface area contributed by atoms with E-state index in [2.05, 4.69) is 4.74 Å². The fourth-order valence-electron chi connectivity index (χ4n) is 3.56. The Bertz CT molecular complexity index is 1230. The minimum absolute atomic E-state index is 0.00291. The molecule has 0 aromatic heterocycles. The number of hydrogen-bond acceptors (Lipinski definition) is 3. The molecule has 1 aliphatic rings. The van der Waals surface area contributed by atoms with Gasteiger partial charge in [-0.05, 0) is 42.3 Å². The topological polar surface area (TPSA) is 27.7 Å². The minimum Gasteiger partial charge on any atom is -0.429 e. The molecule has 0 amide bonds. The van der Waals surface area contributed by atoms with Crippen molar-refractivity contribution < 1.29 is 49.3 Å². The fourth-order valence-corrected chi connectivity index (χ4v) is 3.56. The van der Waals surface area contributed by atoms with Crippen molar-refractivity contribution in [2.24, 2.45) is 0 Å². The molecule has 1 heterocycles. The number of aryl methyl sites for hydroxylation is 1. The number of alkyl halides is 2. The van der Waals surface area contributed by atoms with Crippen molar-refractivity contribution in [1.82, 2.24) is 0 Å². The molecule has 0 atom stereocenters. The van der Waals surface area contributed by atoms with Crippen LogP contribution < -0.4 is 4.74 Å². The van der Waals surface area contributed by atoms with Gasteiger partial charge in [-0.1, -0.05) is 12.1 Å². The van der Waals surface area contributed by atoms with Crippen LogP contribution in [-0.4, -0.2) is 13.2 Å². The SMILES string of the molecule is Cc1ccc(C(F)(F)Oc2ccc(C3COC(c4cc(F)c(F)c(F)c4)OC3)c(F)c2)c(F)c1F. The molecular weight excluding hydrogens is 488 g/mol. The van der Waals surface area contributed by atoms with Crippen LogP contribution >= 0.6 is 0 Å². The highest BCUT2D eigenvalue weighted by Crippen LogP contribution is 2.37. The maximum absolute atomic E-state index is 14.7. The van der Waals surface area contributed by atoms with E-state index < -0.39 is 64.5 Å². The molecule has 1 saturated heterocycles. The van der Waals surface area contributed by atoms with Gasteiger partial charge in [0.05, 0.1) is 13.2 Å². The Balaban J connectivity index is 1.46. The van der Waals surface area contributed by atoms with Gasteiger partial charge in [0.2, 0.25) is 0 Å². The summed E-state index contributed by atoms with van der Waals surface area (Å²) >= 11 is 0. The van der Waals surface area contributed by atoms with Crippen LogP contribution in [0.15, 0.2) is 42.5 Å². The summed E-state index contributed by atoms with van der Waals surface area (Å²) in [6, 6.07) is 5.82. The third-order valence-corrected chi connectivity index (χ3v) is 5.42. The molecule has 0 spiro atoms. The standard InChI is InChI=1S/C24H16F8O3/c1-11-2-5-16(21(29)20(11)28)24(31,32)35-14-3-4-15(17(25)8-14)13-9-33-23(34-10-13)12-6-18(26)22(30)19(27)7-12/h2-8,13,23H,9-10H2,1H3. The molecule has 0 aliphatic carbocycles. The van der Waals surface area contributed by atoms with E-state index in [9.17, 15) is 35.1 Å². The Kier molecular flexibility index (Phi) is 6.74. The van der Waals surface area contributed by atoms with E-state index in [0.717, 1.165) is 18.2 Å². The number of ether oxygens (including phenoxy) is 3. The van der Waals surface area contributed by atoms with E-state index in [1.54, 1.807) is 0 Å². The fraction of sp³-hybridized carbons (Fsp3) is 0.250. The second-order valence-electron chi connectivity index (χ2n) is 7.85. The zero-order chi connectivity index (χ0) is 25.5. The van der Waals surface area contributed by atoms with Crippen LogP contribution in [0.3, 0.4) is 0 Å². The van der Waals surface area contributed by atoms with Gasteiger partial charge in [-0.15, -0.1) is 0 Å². The van der Waals surface area contributed by atoms with E-state index >= 15 is 0 Å². The smallest absolute Gasteiger partial charge is 0.429 e. The first-order valence-corrected chi connectivity index (χ1v) is 10.2. The second-order valence-corrected chi connectivity index (χ2v) is 7.85. The summed E-state index contributed by atoms with van der Waals surface area (Å²) in [5.41, 5.74) is -1.64. The van der Waals surface area contributed by atoms with Crippen molar-refractivity contribution in [3.8, 4) is 5.75 Å². The molecule has 0 N–H and O–H groups in total. The van der Waals surface area contributed by atoms with Crippen LogP contribution in [0.5, 0.6) is 5.75 Å². The lowest BCUT2D eigenvalue weighted by Crippen LogP contribution is -2.27. The lowest BCUT2D eigenvalue weighted by Gasteiger charge is -2.30. The molecule has 4 rings (SSSR count). The predicted molar refractivity (Wildman–Crippen MR) is 106 cm³/mol. The van der Waals surface area contributed by atoms with Gasteiger partial charge in [0.1, 0.15) is 17.1 Å². The monoisotopic (exact) mass is 504 g/mol. The van der Waals surface area contributed by atoms with Gasteiger partial charge < -0.3 is 14.2 Å². The number of hydrogen-bond donors (Lipinski definition) is 0. The van der Waals surface area contributed by atoms with Gasteiger partial charge in [0, 0.05) is 17.5 Å². The molecule has 1 aliphatic heterocycles. The van der Waals surface area contributed by atoms with Gasteiger partial charge >= 0.3 is 6.11 Å². The molecule has 3 nitrogen and oxygen atoms in total. The molecule has 3 aromatic rings. The molecule has 3 aromatic carbocycles. The summed E-state index contributed by atoms with van der Waals surface area (Å²) in [6.07, 6.45) is -5.53. The van der Waals surface area contributed by atoms with E-state index in [4.69, 9.17) is 9.47 Å². The first-order chi connectivity index (χ1) is 16.5. The van der Waals surface area contributed by atoms with Crippen molar-refractivity contribution in [2.45, 2.75) is 25.2 Å². The van der Waals surface area contributed by atoms with Gasteiger partial charge in [-0.25, -0.2) is 26.3 Å². The zero-order valence-corrected chi connectivity index (χ0v) is 17.9. The molecule has 186 valence electrons. The highest BCUT2D eigenvalue weighted by molar-refractivity contribution is 5.34. The summed E-state index contributed by atoms with van der Waals surface area (Å²) < 4.78 is 126. The molecule has 35 heavy (non-hydrogen) atoms. The van der Waals surface area contributed by atoms with E-state index in [1.807, 2.05) is 0 Å². The summed E-state index contributed by atoms with van der Waals surface area (Å²) in [7, 11) is 0. The Labute approximate surface area is 193 Å². The van der Waals surface area contributed by atoms with Gasteiger partial charge in [0.15, 0.2) is 35.4 Å². The van der Waals surface area contributed by atoms with E-state index in [1.165, 1.54) is 6.92 Å². The molecule has 0 saturated carbocycles. The number of rotatable bonds is 5. The maximum atomic E-state index is 14.7. The largest absolute Gasteiger partial charge is 0.429 e. The highest BCUT2D eigenvalue weighted by atomic mass is 19.3. The quantitative estimate of drug-likeness (QED) is 0.283. The number of benzene rings is 3. The van der Waals surface area contributed by atoms with E-state index in [0.29, 0.717) is 24.3 Å². The normalized spacial score (nSPS) is 18.5. The van der Waals surface area contributed by atoms with E-state index in [-0.39, 0.29) is 29.9 Å². The average molecular weight is 504 g/mol. The van der Waals surface area contributed by atoms with Crippen molar-refractivity contribution in [1.29, 1.82) is 0 Å². The van der Waals surface area contributed by atoms with Crippen LogP contribution in [-0.2, 0) is 15.6 Å². The lowest BCUT2D eigenvalue weighted by molar-refractivity contribution is -0.192. The number of halogens is 8. The third kappa shape index (κ3) is 4.96. The van der Waals surface area contributed by atoms with Gasteiger partial charge in [-0.3, -0.25) is 0 Å². The van der Waals surface area contributed by atoms with Gasteiger partial charge in [0.25, 0.3) is 0 Å². The van der Waals surface area contributed by atoms with Crippen LogP contribution in [0.25, 0.3) is 0 Å². The highest BCUT2D eigenvalue weighted by Gasteiger charge is 2.39. The lowest BCUT2D eigenvalue weighted by atomic mass is 9.99. The zero-order valence-electron chi connectivity index (χ0n) is 17.9. The summed E-state index contributed by atoms with van der Waals surface area (Å²) in [6.45, 7) is 0.852. The van der Waals surface area contributed by atoms with Crippen LogP contribution in [0.4, 0.5) is 35.1 Å². The van der Waals surface area contributed by atoms with Crippen molar-refractivity contribution in [3.63, 3.8) is 0 Å². The average Bonchev–Trinajstić information content (AvgIpc) is 2.80. The first kappa shape index (κ1) is 24.9. The predicted octanol–water partition coefficient (Wildman–Crippen LogP) is 6.79. The minimum atomic E-state index is -4.30. The molecule has 0 bridgehead atoms. The van der Waals surface area contributed by atoms with Crippen LogP contribution in [0.2, 0.25) is 0 Å². The summed E-state index contributed by atoms with van der Waals surface area (Å²) in [5, 5.41) is 0. The maximum Gasteiger partial charge on any atom is 0.429 e. The molecule has 11 heteroatoms. The first-order valence-electron chi connectivity index (χ1n) is 10.2. The Morgan fingerprint density at radius 1 is 0.771 bits per heavy atom. The summed E-state index contributed by atoms with van der Waals surface area (Å²) in [4.78, 5) is 0. The molecule has 0 unspecified atom stereocenters. The van der Waals surface area contributed by atoms with Crippen molar-refractivity contribution in [2.75, 3.05) is 13.2 Å². The molecular formula is C24H16F8O3. The Morgan fingerprint density at radius 2 is 1.40 bits per heavy atom. The Hall–Kier alpha value is -3.18. The van der Waals surface area contributed by atoms with Gasteiger partial charge in [-0.2, -0.15) is 8.78 Å². The second kappa shape index (κ2) is 9.46. The van der Waals surface area contributed by atoms with Crippen molar-refractivity contribution in [3.05, 3.63) is 99.6 Å². The Morgan fingerprint density at radius 3 is 2.00 bits per heavy atom. The molecule has 1 fully saturated rings.